The first-order valence-electron chi connectivity index (χ1n) is 10.1. The van der Waals surface area contributed by atoms with E-state index in [-0.39, 0.29) is 5.91 Å². The Morgan fingerprint density at radius 3 is 2.35 bits per heavy atom. The fourth-order valence-electron chi connectivity index (χ4n) is 4.63. The van der Waals surface area contributed by atoms with Crippen LogP contribution in [0.1, 0.15) is 70.6 Å². The van der Waals surface area contributed by atoms with Gasteiger partial charge in [-0.25, -0.2) is 0 Å². The lowest BCUT2D eigenvalue weighted by Crippen LogP contribution is -2.42. The number of nitrogens with zero attached hydrogens (tertiary/aromatic N) is 2. The minimum absolute atomic E-state index is 0.281. The molecule has 2 saturated heterocycles. The molecule has 0 aromatic rings. The summed E-state index contributed by atoms with van der Waals surface area (Å²) < 4.78 is 0. The Morgan fingerprint density at radius 1 is 0.870 bits per heavy atom. The van der Waals surface area contributed by atoms with Crippen molar-refractivity contribution in [2.45, 2.75) is 82.7 Å². The molecule has 3 rings (SSSR count). The number of nitrogens with one attached hydrogen (secondary N) is 1. The Morgan fingerprint density at radius 2 is 1.61 bits per heavy atom. The molecule has 1 aliphatic carbocycles. The van der Waals surface area contributed by atoms with Crippen LogP contribution in [0.5, 0.6) is 0 Å². The van der Waals surface area contributed by atoms with Crippen LogP contribution in [0, 0.1) is 0 Å². The summed E-state index contributed by atoms with van der Waals surface area (Å²) in [5.41, 5.74) is 0. The lowest BCUT2D eigenvalue weighted by atomic mass is 10.1. The fraction of sp³-hybridized carbons (Fsp3) is 0.947. The summed E-state index contributed by atoms with van der Waals surface area (Å²) in [6.07, 6.45) is 13.7. The van der Waals surface area contributed by atoms with Crippen LogP contribution in [-0.4, -0.2) is 60.5 Å². The molecule has 1 saturated carbocycles. The second-order valence-electron chi connectivity index (χ2n) is 7.85. The highest BCUT2D eigenvalue weighted by molar-refractivity contribution is 5.76. The first-order valence-corrected chi connectivity index (χ1v) is 10.1. The van der Waals surface area contributed by atoms with E-state index in [4.69, 9.17) is 0 Å². The Balaban J connectivity index is 1.37. The van der Waals surface area contributed by atoms with Crippen LogP contribution >= 0.6 is 0 Å². The Hall–Kier alpha value is -0.610. The smallest absolute Gasteiger partial charge is 0.221 e. The Bertz CT molecular complexity index is 360. The van der Waals surface area contributed by atoms with Crippen LogP contribution < -0.4 is 5.32 Å². The number of carbonyl (C=O) groups excluding carboxylic acids is 1. The molecular weight excluding hydrogens is 286 g/mol. The molecule has 1 N–H and O–H groups in total. The predicted molar refractivity (Wildman–Crippen MR) is 94.5 cm³/mol. The van der Waals surface area contributed by atoms with Crippen molar-refractivity contribution in [1.29, 1.82) is 0 Å². The molecule has 3 fully saturated rings. The van der Waals surface area contributed by atoms with E-state index in [2.05, 4.69) is 15.1 Å². The molecule has 0 aromatic carbocycles. The average Bonchev–Trinajstić information content (AvgIpc) is 3.14. The summed E-state index contributed by atoms with van der Waals surface area (Å²) in [4.78, 5) is 17.5. The molecule has 3 aliphatic rings. The number of hydrogen-bond acceptors (Lipinski definition) is 3. The Labute approximate surface area is 142 Å². The normalized spacial score (nSPS) is 28.1. The summed E-state index contributed by atoms with van der Waals surface area (Å²) in [6.45, 7) is 5.94. The quantitative estimate of drug-likeness (QED) is 0.764. The monoisotopic (exact) mass is 321 g/mol. The second kappa shape index (κ2) is 9.03. The molecule has 0 aromatic heterocycles. The number of carbonyl (C=O) groups is 1. The number of likely N-dealkylation sites (tertiary alicyclic amines) is 2. The average molecular weight is 322 g/mol. The molecule has 4 heteroatoms. The van der Waals surface area contributed by atoms with Crippen molar-refractivity contribution in [3.8, 4) is 0 Å². The topological polar surface area (TPSA) is 35.6 Å². The summed E-state index contributed by atoms with van der Waals surface area (Å²) in [5, 5.41) is 3.29. The maximum Gasteiger partial charge on any atom is 0.221 e. The highest BCUT2D eigenvalue weighted by Gasteiger charge is 2.27. The van der Waals surface area contributed by atoms with Crippen LogP contribution in [0.15, 0.2) is 0 Å². The van der Waals surface area contributed by atoms with E-state index in [0.29, 0.717) is 18.5 Å². The summed E-state index contributed by atoms with van der Waals surface area (Å²) in [6, 6.07) is 1.14. The zero-order valence-electron chi connectivity index (χ0n) is 14.8. The first kappa shape index (κ1) is 17.2. The molecule has 0 bridgehead atoms. The van der Waals surface area contributed by atoms with Crippen LogP contribution in [0.2, 0.25) is 0 Å². The van der Waals surface area contributed by atoms with Gasteiger partial charge in [-0.05, 0) is 58.2 Å². The standard InChI is InChI=1S/C19H35N3O/c23-19(20-17-8-3-1-2-4-9-17)11-15-22-14-7-10-18(22)16-21-12-5-6-13-21/h17-18H,1-16H2,(H,20,23)/t18-/m0/s1. The number of rotatable bonds is 6. The van der Waals surface area contributed by atoms with E-state index in [1.54, 1.807) is 0 Å². The molecule has 4 nitrogen and oxygen atoms in total. The molecule has 2 aliphatic heterocycles. The van der Waals surface area contributed by atoms with Crippen molar-refractivity contribution in [3.63, 3.8) is 0 Å². The molecule has 0 unspecified atom stereocenters. The molecule has 0 radical (unpaired) electrons. The maximum absolute atomic E-state index is 12.3. The minimum Gasteiger partial charge on any atom is -0.353 e. The summed E-state index contributed by atoms with van der Waals surface area (Å²) in [7, 11) is 0. The molecule has 132 valence electrons. The lowest BCUT2D eigenvalue weighted by molar-refractivity contribution is -0.122. The third-order valence-corrected chi connectivity index (χ3v) is 6.01. The summed E-state index contributed by atoms with van der Waals surface area (Å²) >= 11 is 0. The molecule has 0 spiro atoms. The Kier molecular flexibility index (Phi) is 6.76. The van der Waals surface area contributed by atoms with Crippen molar-refractivity contribution in [1.82, 2.24) is 15.1 Å². The van der Waals surface area contributed by atoms with Gasteiger partial charge in [0, 0.05) is 31.6 Å². The molecule has 23 heavy (non-hydrogen) atoms. The number of amides is 1. The van der Waals surface area contributed by atoms with Crippen molar-refractivity contribution in [2.75, 3.05) is 32.7 Å². The van der Waals surface area contributed by atoms with Gasteiger partial charge >= 0.3 is 0 Å². The summed E-state index contributed by atoms with van der Waals surface area (Å²) in [5.74, 6) is 0.281. The largest absolute Gasteiger partial charge is 0.353 e. The zero-order valence-corrected chi connectivity index (χ0v) is 14.8. The van der Waals surface area contributed by atoms with E-state index in [1.807, 2.05) is 0 Å². The van der Waals surface area contributed by atoms with E-state index >= 15 is 0 Å². The van der Waals surface area contributed by atoms with Gasteiger partial charge in [0.15, 0.2) is 0 Å². The van der Waals surface area contributed by atoms with Crippen LogP contribution in [-0.2, 0) is 4.79 Å². The fourth-order valence-corrected chi connectivity index (χ4v) is 4.63. The van der Waals surface area contributed by atoms with Crippen LogP contribution in [0.3, 0.4) is 0 Å². The van der Waals surface area contributed by atoms with Gasteiger partial charge in [-0.3, -0.25) is 9.69 Å². The maximum atomic E-state index is 12.3. The van der Waals surface area contributed by atoms with Crippen LogP contribution in [0.4, 0.5) is 0 Å². The van der Waals surface area contributed by atoms with Gasteiger partial charge in [0.1, 0.15) is 0 Å². The number of hydrogen-bond donors (Lipinski definition) is 1. The van der Waals surface area contributed by atoms with Crippen molar-refractivity contribution in [2.24, 2.45) is 0 Å². The van der Waals surface area contributed by atoms with Gasteiger partial charge in [0.2, 0.25) is 5.91 Å². The van der Waals surface area contributed by atoms with Gasteiger partial charge in [-0.2, -0.15) is 0 Å². The molecular formula is C19H35N3O. The molecule has 1 amide bonds. The van der Waals surface area contributed by atoms with Gasteiger partial charge in [0.05, 0.1) is 0 Å². The van der Waals surface area contributed by atoms with E-state index in [9.17, 15) is 4.79 Å². The second-order valence-corrected chi connectivity index (χ2v) is 7.85. The van der Waals surface area contributed by atoms with Gasteiger partial charge < -0.3 is 10.2 Å². The predicted octanol–water partition coefficient (Wildman–Crippen LogP) is 2.78. The van der Waals surface area contributed by atoms with Gasteiger partial charge in [-0.15, -0.1) is 0 Å². The molecule has 1 atom stereocenters. The third kappa shape index (κ3) is 5.46. The van der Waals surface area contributed by atoms with Crippen molar-refractivity contribution >= 4 is 5.91 Å². The highest BCUT2D eigenvalue weighted by Crippen LogP contribution is 2.21. The first-order chi connectivity index (χ1) is 11.3. The third-order valence-electron chi connectivity index (χ3n) is 6.01. The van der Waals surface area contributed by atoms with Gasteiger partial charge in [-0.1, -0.05) is 25.7 Å². The SMILES string of the molecule is O=C(CCN1CCC[C@H]1CN1CCCC1)NC1CCCCCC1. The lowest BCUT2D eigenvalue weighted by Gasteiger charge is -2.28. The zero-order chi connectivity index (χ0) is 15.9. The van der Waals surface area contributed by atoms with Gasteiger partial charge in [0.25, 0.3) is 0 Å². The van der Waals surface area contributed by atoms with Crippen molar-refractivity contribution < 1.29 is 4.79 Å². The van der Waals surface area contributed by atoms with Crippen LogP contribution in [0.25, 0.3) is 0 Å². The molecule has 2 heterocycles. The van der Waals surface area contributed by atoms with E-state index < -0.39 is 0 Å². The van der Waals surface area contributed by atoms with Crippen molar-refractivity contribution in [3.05, 3.63) is 0 Å². The van der Waals surface area contributed by atoms with E-state index in [1.165, 1.54) is 90.4 Å². The minimum atomic E-state index is 0.281. The highest BCUT2D eigenvalue weighted by atomic mass is 16.1. The van der Waals surface area contributed by atoms with E-state index in [0.717, 1.165) is 6.54 Å².